The first-order valence-electron chi connectivity index (χ1n) is 4.51. The number of carbonyl (C=O) groups is 1. The maximum Gasteiger partial charge on any atom is 0.133 e. The molecule has 0 bridgehead atoms. The van der Waals surface area contributed by atoms with E-state index in [2.05, 4.69) is 16.7 Å². The summed E-state index contributed by atoms with van der Waals surface area (Å²) >= 11 is 0. The lowest BCUT2D eigenvalue weighted by molar-refractivity contribution is -0.108. The molecule has 0 unspecified atom stereocenters. The summed E-state index contributed by atoms with van der Waals surface area (Å²) in [5.74, 6) is 0. The zero-order valence-corrected chi connectivity index (χ0v) is 8.42. The Morgan fingerprint density at radius 1 is 1.17 bits per heavy atom. The minimum atomic E-state index is 0.571. The van der Waals surface area contributed by atoms with E-state index in [1.807, 2.05) is 14.1 Å². The van der Waals surface area contributed by atoms with Gasteiger partial charge in [0.05, 0.1) is 6.54 Å². The summed E-state index contributed by atoms with van der Waals surface area (Å²) in [6, 6.07) is 0. The van der Waals surface area contributed by atoms with E-state index >= 15 is 0 Å². The highest BCUT2D eigenvalue weighted by Gasteiger charge is 2.02. The summed E-state index contributed by atoms with van der Waals surface area (Å²) in [7, 11) is 4.09. The van der Waals surface area contributed by atoms with Crippen LogP contribution in [-0.4, -0.2) is 56.4 Å². The molecule has 0 spiro atoms. The second-order valence-electron chi connectivity index (χ2n) is 3.27. The lowest BCUT2D eigenvalue weighted by Crippen LogP contribution is -2.33. The number of nitrogens with zero attached hydrogens (tertiary/aromatic N) is 2. The second-order valence-corrected chi connectivity index (χ2v) is 3.27. The van der Waals surface area contributed by atoms with Crippen LogP contribution in [0, 0.1) is 0 Å². The van der Waals surface area contributed by atoms with Crippen molar-refractivity contribution < 1.29 is 4.79 Å². The Balaban J connectivity index is 3.54. The van der Waals surface area contributed by atoms with E-state index in [4.69, 9.17) is 0 Å². The average molecular weight is 172 g/mol. The van der Waals surface area contributed by atoms with Crippen molar-refractivity contribution >= 4 is 6.29 Å². The molecule has 0 heterocycles. The Morgan fingerprint density at radius 3 is 2.25 bits per heavy atom. The topological polar surface area (TPSA) is 23.6 Å². The lowest BCUT2D eigenvalue weighted by atomic mass is 10.4. The summed E-state index contributed by atoms with van der Waals surface area (Å²) in [5, 5.41) is 0. The van der Waals surface area contributed by atoms with Gasteiger partial charge in [-0.25, -0.2) is 0 Å². The summed E-state index contributed by atoms with van der Waals surface area (Å²) in [6.45, 7) is 5.73. The Kier molecular flexibility index (Phi) is 7.00. The van der Waals surface area contributed by atoms with Gasteiger partial charge in [0.15, 0.2) is 0 Å². The maximum atomic E-state index is 10.3. The van der Waals surface area contributed by atoms with Gasteiger partial charge in [0.1, 0.15) is 6.29 Å². The number of hydrogen-bond donors (Lipinski definition) is 0. The first kappa shape index (κ1) is 11.6. The molecular weight excluding hydrogens is 152 g/mol. The summed E-state index contributed by atoms with van der Waals surface area (Å²) in [4.78, 5) is 14.6. The van der Waals surface area contributed by atoms with Gasteiger partial charge >= 0.3 is 0 Å². The van der Waals surface area contributed by atoms with Crippen molar-refractivity contribution in [3.05, 3.63) is 0 Å². The van der Waals surface area contributed by atoms with Crippen LogP contribution in [-0.2, 0) is 4.79 Å². The molecule has 0 rings (SSSR count). The SMILES string of the molecule is CCCN(CC=O)CCN(C)C. The average Bonchev–Trinajstić information content (AvgIpc) is 2.01. The Morgan fingerprint density at radius 2 is 1.83 bits per heavy atom. The zero-order valence-electron chi connectivity index (χ0n) is 8.42. The van der Waals surface area contributed by atoms with Crippen molar-refractivity contribution in [3.63, 3.8) is 0 Å². The number of likely N-dealkylation sites (N-methyl/N-ethyl adjacent to an activating group) is 1. The van der Waals surface area contributed by atoms with Gasteiger partial charge in [0.2, 0.25) is 0 Å². The minimum absolute atomic E-state index is 0.571. The molecule has 3 heteroatoms. The fraction of sp³-hybridized carbons (Fsp3) is 0.889. The zero-order chi connectivity index (χ0) is 9.40. The van der Waals surface area contributed by atoms with Gasteiger partial charge in [-0.2, -0.15) is 0 Å². The molecule has 0 radical (unpaired) electrons. The molecule has 0 aromatic rings. The summed E-state index contributed by atoms with van der Waals surface area (Å²) < 4.78 is 0. The summed E-state index contributed by atoms with van der Waals surface area (Å²) in [5.41, 5.74) is 0. The Hall–Kier alpha value is -0.410. The second kappa shape index (κ2) is 7.25. The van der Waals surface area contributed by atoms with Gasteiger partial charge < -0.3 is 9.69 Å². The van der Waals surface area contributed by atoms with E-state index in [0.29, 0.717) is 6.54 Å². The van der Waals surface area contributed by atoms with Crippen LogP contribution in [0.25, 0.3) is 0 Å². The van der Waals surface area contributed by atoms with Crippen molar-refractivity contribution in [2.75, 3.05) is 40.3 Å². The van der Waals surface area contributed by atoms with Gasteiger partial charge in [-0.1, -0.05) is 6.92 Å². The maximum absolute atomic E-state index is 10.3. The van der Waals surface area contributed by atoms with E-state index in [9.17, 15) is 4.79 Å². The molecular formula is C9H20N2O. The van der Waals surface area contributed by atoms with E-state index in [0.717, 1.165) is 32.3 Å². The van der Waals surface area contributed by atoms with E-state index in [1.54, 1.807) is 0 Å². The fourth-order valence-electron chi connectivity index (χ4n) is 1.06. The molecule has 0 fully saturated rings. The van der Waals surface area contributed by atoms with Crippen LogP contribution in [0.1, 0.15) is 13.3 Å². The largest absolute Gasteiger partial charge is 0.308 e. The first-order chi connectivity index (χ1) is 5.70. The number of rotatable bonds is 7. The molecule has 0 aliphatic rings. The van der Waals surface area contributed by atoms with Gasteiger partial charge in [-0.3, -0.25) is 4.90 Å². The molecule has 0 saturated carbocycles. The Labute approximate surface area is 75.3 Å². The van der Waals surface area contributed by atoms with E-state index in [1.165, 1.54) is 0 Å². The molecule has 0 aromatic heterocycles. The van der Waals surface area contributed by atoms with Gasteiger partial charge in [0.25, 0.3) is 0 Å². The summed E-state index contributed by atoms with van der Waals surface area (Å²) in [6.07, 6.45) is 2.09. The van der Waals surface area contributed by atoms with Gasteiger partial charge in [-0.05, 0) is 27.1 Å². The predicted octanol–water partition coefficient (Wildman–Crippen LogP) is 0.459. The third-order valence-corrected chi connectivity index (χ3v) is 1.74. The number of aldehydes is 1. The molecule has 3 nitrogen and oxygen atoms in total. The Bertz CT molecular complexity index is 115. The van der Waals surface area contributed by atoms with Crippen LogP contribution < -0.4 is 0 Å². The van der Waals surface area contributed by atoms with Crippen LogP contribution in [0.3, 0.4) is 0 Å². The molecule has 0 amide bonds. The van der Waals surface area contributed by atoms with Crippen LogP contribution in [0.5, 0.6) is 0 Å². The monoisotopic (exact) mass is 172 g/mol. The molecule has 0 saturated heterocycles. The number of carbonyl (C=O) groups excluding carboxylic acids is 1. The smallest absolute Gasteiger partial charge is 0.133 e. The van der Waals surface area contributed by atoms with Crippen molar-refractivity contribution in [1.29, 1.82) is 0 Å². The fourth-order valence-corrected chi connectivity index (χ4v) is 1.06. The van der Waals surface area contributed by atoms with Crippen molar-refractivity contribution in [3.8, 4) is 0 Å². The van der Waals surface area contributed by atoms with Crippen LogP contribution in [0.4, 0.5) is 0 Å². The van der Waals surface area contributed by atoms with Crippen LogP contribution in [0.15, 0.2) is 0 Å². The number of hydrogen-bond acceptors (Lipinski definition) is 3. The van der Waals surface area contributed by atoms with Crippen molar-refractivity contribution in [1.82, 2.24) is 9.80 Å². The van der Waals surface area contributed by atoms with Crippen LogP contribution >= 0.6 is 0 Å². The third kappa shape index (κ3) is 6.31. The highest BCUT2D eigenvalue weighted by molar-refractivity contribution is 5.51. The van der Waals surface area contributed by atoms with E-state index in [-0.39, 0.29) is 0 Å². The molecule has 0 N–H and O–H groups in total. The van der Waals surface area contributed by atoms with Gasteiger partial charge in [-0.15, -0.1) is 0 Å². The normalized spacial score (nSPS) is 11.1. The van der Waals surface area contributed by atoms with E-state index < -0.39 is 0 Å². The molecule has 0 atom stereocenters. The molecule has 72 valence electrons. The molecule has 0 aromatic carbocycles. The standard InChI is InChI=1S/C9H20N2O/c1-4-5-11(8-9-12)7-6-10(2)3/h9H,4-8H2,1-3H3. The van der Waals surface area contributed by atoms with Gasteiger partial charge in [0, 0.05) is 13.1 Å². The first-order valence-corrected chi connectivity index (χ1v) is 4.51. The van der Waals surface area contributed by atoms with Crippen LogP contribution in [0.2, 0.25) is 0 Å². The molecule has 0 aliphatic carbocycles. The quantitative estimate of drug-likeness (QED) is 0.521. The lowest BCUT2D eigenvalue weighted by Gasteiger charge is -2.20. The molecule has 0 aliphatic heterocycles. The highest BCUT2D eigenvalue weighted by Crippen LogP contribution is 1.89. The van der Waals surface area contributed by atoms with Crippen molar-refractivity contribution in [2.45, 2.75) is 13.3 Å². The predicted molar refractivity (Wildman–Crippen MR) is 51.3 cm³/mol. The van der Waals surface area contributed by atoms with Crippen molar-refractivity contribution in [2.24, 2.45) is 0 Å². The molecule has 12 heavy (non-hydrogen) atoms. The highest BCUT2D eigenvalue weighted by atomic mass is 16.1. The third-order valence-electron chi connectivity index (χ3n) is 1.74. The minimum Gasteiger partial charge on any atom is -0.308 e.